The normalized spacial score (nSPS) is 20.0. The van der Waals surface area contributed by atoms with Crippen molar-refractivity contribution in [1.29, 1.82) is 0 Å². The number of ether oxygens (including phenoxy) is 1. The molecule has 1 aromatic rings. The number of anilines is 1. The summed E-state index contributed by atoms with van der Waals surface area (Å²) in [6.45, 7) is 2.87. The minimum absolute atomic E-state index is 0.00188. The highest BCUT2D eigenvalue weighted by Crippen LogP contribution is 2.22. The number of likely N-dealkylation sites (tertiary alicyclic amines) is 1. The Balaban J connectivity index is 1.94. The minimum atomic E-state index is -0.290. The molecular weight excluding hydrogens is 256 g/mol. The van der Waals surface area contributed by atoms with Gasteiger partial charge < -0.3 is 15.0 Å². The lowest BCUT2D eigenvalue weighted by atomic mass is 10.1. The summed E-state index contributed by atoms with van der Waals surface area (Å²) in [7, 11) is 1.61. The largest absolute Gasteiger partial charge is 0.383 e. The molecule has 2 amide bonds. The Morgan fingerprint density at radius 1 is 1.45 bits per heavy atom. The van der Waals surface area contributed by atoms with Gasteiger partial charge in [0.1, 0.15) is 0 Å². The topological polar surface area (TPSA) is 58.6 Å². The first-order valence-electron chi connectivity index (χ1n) is 6.76. The highest BCUT2D eigenvalue weighted by molar-refractivity contribution is 5.97. The molecule has 0 saturated carbocycles. The van der Waals surface area contributed by atoms with E-state index < -0.39 is 0 Å². The van der Waals surface area contributed by atoms with Crippen LogP contribution < -0.4 is 5.32 Å². The number of nitrogens with one attached hydrogen (secondary N) is 1. The summed E-state index contributed by atoms with van der Waals surface area (Å²) in [5, 5.41) is 2.85. The van der Waals surface area contributed by atoms with E-state index in [0.29, 0.717) is 13.2 Å². The van der Waals surface area contributed by atoms with Crippen LogP contribution in [0.4, 0.5) is 5.69 Å². The van der Waals surface area contributed by atoms with Gasteiger partial charge in [0.05, 0.1) is 18.6 Å². The van der Waals surface area contributed by atoms with Crippen molar-refractivity contribution in [2.75, 3.05) is 25.6 Å². The summed E-state index contributed by atoms with van der Waals surface area (Å²) in [5.74, 6) is -0.374. The van der Waals surface area contributed by atoms with Gasteiger partial charge in [0.2, 0.25) is 11.8 Å². The fourth-order valence-corrected chi connectivity index (χ4v) is 2.43. The Hall–Kier alpha value is -1.88. The Morgan fingerprint density at radius 3 is 2.80 bits per heavy atom. The lowest BCUT2D eigenvalue weighted by Crippen LogP contribution is -2.38. The Kier molecular flexibility index (Phi) is 4.74. The van der Waals surface area contributed by atoms with E-state index in [1.165, 1.54) is 0 Å². The minimum Gasteiger partial charge on any atom is -0.383 e. The number of hydrogen-bond acceptors (Lipinski definition) is 3. The van der Waals surface area contributed by atoms with E-state index in [1.54, 1.807) is 12.0 Å². The van der Waals surface area contributed by atoms with Crippen molar-refractivity contribution in [1.82, 2.24) is 4.90 Å². The van der Waals surface area contributed by atoms with E-state index in [1.807, 2.05) is 37.3 Å². The average Bonchev–Trinajstić information content (AvgIpc) is 2.82. The van der Waals surface area contributed by atoms with Gasteiger partial charge in [-0.15, -0.1) is 0 Å². The molecule has 1 N–H and O–H groups in total. The van der Waals surface area contributed by atoms with E-state index in [9.17, 15) is 9.59 Å². The number of rotatable bonds is 5. The Labute approximate surface area is 118 Å². The number of para-hydroxylation sites is 1. The highest BCUT2D eigenvalue weighted by Gasteiger charge is 2.36. The van der Waals surface area contributed by atoms with Crippen LogP contribution in [0.5, 0.6) is 0 Å². The lowest BCUT2D eigenvalue weighted by molar-refractivity contribution is -0.130. The first-order chi connectivity index (χ1) is 9.61. The van der Waals surface area contributed by atoms with Crippen LogP contribution >= 0.6 is 0 Å². The first-order valence-corrected chi connectivity index (χ1v) is 6.76. The van der Waals surface area contributed by atoms with E-state index in [2.05, 4.69) is 5.32 Å². The van der Waals surface area contributed by atoms with Gasteiger partial charge in [-0.3, -0.25) is 9.59 Å². The van der Waals surface area contributed by atoms with Crippen LogP contribution in [0.2, 0.25) is 0 Å². The molecule has 2 atom stereocenters. The van der Waals surface area contributed by atoms with Gasteiger partial charge in [0, 0.05) is 25.8 Å². The van der Waals surface area contributed by atoms with Gasteiger partial charge in [-0.05, 0) is 19.1 Å². The molecular formula is C15H20N2O3. The molecule has 0 aromatic heterocycles. The molecule has 0 radical (unpaired) electrons. The molecule has 0 bridgehead atoms. The Morgan fingerprint density at radius 2 is 2.15 bits per heavy atom. The van der Waals surface area contributed by atoms with E-state index in [4.69, 9.17) is 4.74 Å². The van der Waals surface area contributed by atoms with E-state index >= 15 is 0 Å². The zero-order valence-electron chi connectivity index (χ0n) is 11.8. The van der Waals surface area contributed by atoms with Crippen molar-refractivity contribution in [3.63, 3.8) is 0 Å². The zero-order chi connectivity index (χ0) is 14.5. The molecule has 1 fully saturated rings. The maximum atomic E-state index is 12.2. The fraction of sp³-hybridized carbons (Fsp3) is 0.467. The van der Waals surface area contributed by atoms with Crippen LogP contribution in [0, 0.1) is 5.92 Å². The third kappa shape index (κ3) is 3.36. The van der Waals surface area contributed by atoms with Crippen LogP contribution in [0.1, 0.15) is 13.3 Å². The van der Waals surface area contributed by atoms with Gasteiger partial charge in [0.25, 0.3) is 0 Å². The maximum Gasteiger partial charge on any atom is 0.229 e. The van der Waals surface area contributed by atoms with Gasteiger partial charge in [-0.25, -0.2) is 0 Å². The monoisotopic (exact) mass is 276 g/mol. The molecule has 1 aliphatic rings. The number of benzene rings is 1. The van der Waals surface area contributed by atoms with E-state index in [-0.39, 0.29) is 30.2 Å². The van der Waals surface area contributed by atoms with E-state index in [0.717, 1.165) is 5.69 Å². The molecule has 1 aromatic carbocycles. The second kappa shape index (κ2) is 6.52. The van der Waals surface area contributed by atoms with Crippen molar-refractivity contribution in [2.45, 2.75) is 19.4 Å². The van der Waals surface area contributed by atoms with Gasteiger partial charge in [-0.2, -0.15) is 0 Å². The number of methoxy groups -OCH3 is 1. The zero-order valence-corrected chi connectivity index (χ0v) is 11.8. The predicted octanol–water partition coefficient (Wildman–Crippen LogP) is 1.51. The summed E-state index contributed by atoms with van der Waals surface area (Å²) in [6, 6.07) is 9.29. The van der Waals surface area contributed by atoms with Crippen molar-refractivity contribution in [3.05, 3.63) is 30.3 Å². The number of amides is 2. The van der Waals surface area contributed by atoms with Crippen molar-refractivity contribution in [3.8, 4) is 0 Å². The molecule has 0 aliphatic carbocycles. The van der Waals surface area contributed by atoms with Crippen molar-refractivity contribution >= 4 is 17.5 Å². The van der Waals surface area contributed by atoms with Crippen LogP contribution in [0.3, 0.4) is 0 Å². The molecule has 0 spiro atoms. The summed E-state index contributed by atoms with van der Waals surface area (Å²) in [6.07, 6.45) is 0.271. The highest BCUT2D eigenvalue weighted by atomic mass is 16.5. The molecule has 1 aliphatic heterocycles. The number of hydrogen-bond donors (Lipinski definition) is 1. The standard InChI is InChI=1S/C15H20N2O3/c1-11(10-20-2)17-9-12(8-14(17)18)15(19)16-13-6-4-3-5-7-13/h3-7,11-12H,8-10H2,1-2H3,(H,16,19)/t11-,12+/m0/s1. The molecule has 1 saturated heterocycles. The number of carbonyl (C=O) groups is 2. The molecule has 2 rings (SSSR count). The second-order valence-corrected chi connectivity index (χ2v) is 5.11. The Bertz CT molecular complexity index is 475. The van der Waals surface area contributed by atoms with Crippen molar-refractivity contribution in [2.24, 2.45) is 5.92 Å². The third-order valence-corrected chi connectivity index (χ3v) is 3.51. The molecule has 108 valence electrons. The maximum absolute atomic E-state index is 12.2. The lowest BCUT2D eigenvalue weighted by Gasteiger charge is -2.23. The van der Waals surface area contributed by atoms with Crippen LogP contribution in [0.25, 0.3) is 0 Å². The summed E-state index contributed by atoms with van der Waals surface area (Å²) < 4.78 is 5.06. The molecule has 0 unspecified atom stereocenters. The smallest absolute Gasteiger partial charge is 0.229 e. The first kappa shape index (κ1) is 14.5. The third-order valence-electron chi connectivity index (χ3n) is 3.51. The second-order valence-electron chi connectivity index (χ2n) is 5.11. The van der Waals surface area contributed by atoms with Gasteiger partial charge >= 0.3 is 0 Å². The summed E-state index contributed by atoms with van der Waals surface area (Å²) >= 11 is 0. The van der Waals surface area contributed by atoms with Crippen LogP contribution in [-0.2, 0) is 14.3 Å². The predicted molar refractivity (Wildman–Crippen MR) is 76.2 cm³/mol. The average molecular weight is 276 g/mol. The number of carbonyl (C=O) groups excluding carboxylic acids is 2. The SMILES string of the molecule is COC[C@H](C)N1C[C@H](C(=O)Nc2ccccc2)CC1=O. The van der Waals surface area contributed by atoms with Crippen LogP contribution in [-0.4, -0.2) is 43.0 Å². The quantitative estimate of drug-likeness (QED) is 0.887. The molecule has 5 nitrogen and oxygen atoms in total. The summed E-state index contributed by atoms with van der Waals surface area (Å²) in [4.78, 5) is 25.8. The summed E-state index contributed by atoms with van der Waals surface area (Å²) in [5.41, 5.74) is 0.758. The number of nitrogens with zero attached hydrogens (tertiary/aromatic N) is 1. The van der Waals surface area contributed by atoms with Gasteiger partial charge in [-0.1, -0.05) is 18.2 Å². The van der Waals surface area contributed by atoms with Gasteiger partial charge in [0.15, 0.2) is 0 Å². The fourth-order valence-electron chi connectivity index (χ4n) is 2.43. The molecule has 20 heavy (non-hydrogen) atoms. The van der Waals surface area contributed by atoms with Crippen molar-refractivity contribution < 1.29 is 14.3 Å². The molecule has 5 heteroatoms. The molecule has 1 heterocycles. The van der Waals surface area contributed by atoms with Crippen LogP contribution in [0.15, 0.2) is 30.3 Å².